The maximum absolute atomic E-state index is 11.8. The van der Waals surface area contributed by atoms with Crippen molar-refractivity contribution >= 4 is 23.2 Å². The Balaban J connectivity index is 1.93. The average molecular weight is 299 g/mol. The van der Waals surface area contributed by atoms with Gasteiger partial charge in [-0.2, -0.15) is 0 Å². The fourth-order valence-electron chi connectivity index (χ4n) is 1.98. The summed E-state index contributed by atoms with van der Waals surface area (Å²) in [7, 11) is 0. The second-order valence-electron chi connectivity index (χ2n) is 4.62. The molecule has 1 aromatic carbocycles. The fourth-order valence-corrected chi connectivity index (χ4v) is 2.18. The molecule has 0 radical (unpaired) electrons. The lowest BCUT2D eigenvalue weighted by atomic mass is 10.2. The molecule has 0 fully saturated rings. The summed E-state index contributed by atoms with van der Waals surface area (Å²) in [6.45, 7) is 1.67. The Morgan fingerprint density at radius 3 is 2.60 bits per heavy atom. The molecule has 5 nitrogen and oxygen atoms in total. The molecular formula is C14H19ClN2O3. The van der Waals surface area contributed by atoms with Gasteiger partial charge in [0.1, 0.15) is 13.2 Å². The molecule has 1 aromatic rings. The maximum atomic E-state index is 11.8. The van der Waals surface area contributed by atoms with E-state index in [1.807, 2.05) is 0 Å². The Hall–Kier alpha value is -1.46. The zero-order valence-electron chi connectivity index (χ0n) is 11.3. The van der Waals surface area contributed by atoms with E-state index in [0.717, 1.165) is 19.3 Å². The van der Waals surface area contributed by atoms with Crippen LogP contribution in [0.15, 0.2) is 12.1 Å². The number of ether oxygens (including phenoxy) is 2. The molecule has 0 atom stereocenters. The van der Waals surface area contributed by atoms with Crippen molar-refractivity contribution in [1.82, 2.24) is 0 Å². The largest absolute Gasteiger partial charge is 0.486 e. The number of nitrogens with one attached hydrogen (secondary N) is 1. The number of anilines is 1. The molecule has 110 valence electrons. The van der Waals surface area contributed by atoms with Crippen molar-refractivity contribution < 1.29 is 14.3 Å². The van der Waals surface area contributed by atoms with Crippen molar-refractivity contribution in [2.24, 2.45) is 5.73 Å². The van der Waals surface area contributed by atoms with Gasteiger partial charge >= 0.3 is 0 Å². The molecular weight excluding hydrogens is 280 g/mol. The molecule has 0 unspecified atom stereocenters. The third-order valence-corrected chi connectivity index (χ3v) is 3.33. The van der Waals surface area contributed by atoms with Crippen LogP contribution in [0, 0.1) is 0 Å². The molecule has 0 spiro atoms. The number of rotatable bonds is 6. The molecule has 3 N–H and O–H groups in total. The molecule has 1 heterocycles. The standard InChI is InChI=1S/C14H19ClN2O3/c15-10-8-12-13(20-7-6-19-12)9-11(10)17-14(18)4-2-1-3-5-16/h8-9H,1-7,16H2,(H,17,18). The van der Waals surface area contributed by atoms with Gasteiger partial charge in [-0.25, -0.2) is 0 Å². The van der Waals surface area contributed by atoms with E-state index in [1.54, 1.807) is 12.1 Å². The van der Waals surface area contributed by atoms with Crippen LogP contribution in [0.3, 0.4) is 0 Å². The van der Waals surface area contributed by atoms with Crippen LogP contribution in [0.4, 0.5) is 5.69 Å². The number of amides is 1. The van der Waals surface area contributed by atoms with Gasteiger partial charge in [-0.1, -0.05) is 18.0 Å². The van der Waals surface area contributed by atoms with E-state index in [4.69, 9.17) is 26.8 Å². The smallest absolute Gasteiger partial charge is 0.224 e. The van der Waals surface area contributed by atoms with E-state index in [0.29, 0.717) is 48.4 Å². The van der Waals surface area contributed by atoms with Crippen LogP contribution in [-0.4, -0.2) is 25.7 Å². The van der Waals surface area contributed by atoms with Crippen LogP contribution in [0.5, 0.6) is 11.5 Å². The third-order valence-electron chi connectivity index (χ3n) is 3.01. The second-order valence-corrected chi connectivity index (χ2v) is 5.03. The maximum Gasteiger partial charge on any atom is 0.224 e. The number of unbranched alkanes of at least 4 members (excludes halogenated alkanes) is 2. The number of halogens is 1. The summed E-state index contributed by atoms with van der Waals surface area (Å²) in [5.41, 5.74) is 5.97. The first-order chi connectivity index (χ1) is 9.70. The number of fused-ring (bicyclic) bond motifs is 1. The van der Waals surface area contributed by atoms with Crippen LogP contribution >= 0.6 is 11.6 Å². The Bertz CT molecular complexity index is 480. The lowest BCUT2D eigenvalue weighted by molar-refractivity contribution is -0.116. The minimum absolute atomic E-state index is 0.0550. The van der Waals surface area contributed by atoms with E-state index in [1.165, 1.54) is 0 Å². The third kappa shape index (κ3) is 4.02. The minimum atomic E-state index is -0.0550. The van der Waals surface area contributed by atoms with Gasteiger partial charge in [0, 0.05) is 18.6 Å². The SMILES string of the molecule is NCCCCCC(=O)Nc1cc2c(cc1Cl)OCCO2. The highest BCUT2D eigenvalue weighted by molar-refractivity contribution is 6.34. The first kappa shape index (κ1) is 14.9. The molecule has 1 amide bonds. The molecule has 0 bridgehead atoms. The highest BCUT2D eigenvalue weighted by Gasteiger charge is 2.16. The molecule has 0 aliphatic carbocycles. The van der Waals surface area contributed by atoms with Crippen molar-refractivity contribution in [1.29, 1.82) is 0 Å². The van der Waals surface area contributed by atoms with Gasteiger partial charge in [-0.05, 0) is 19.4 Å². The molecule has 0 saturated carbocycles. The number of carbonyl (C=O) groups is 1. The number of hydrogen-bond acceptors (Lipinski definition) is 4. The predicted octanol–water partition coefficient (Wildman–Crippen LogP) is 2.57. The summed E-state index contributed by atoms with van der Waals surface area (Å²) in [6, 6.07) is 3.37. The number of carbonyl (C=O) groups excluding carboxylic acids is 1. The van der Waals surface area contributed by atoms with Crippen LogP contribution in [0.25, 0.3) is 0 Å². The number of hydrogen-bond donors (Lipinski definition) is 2. The van der Waals surface area contributed by atoms with Crippen molar-refractivity contribution in [3.05, 3.63) is 17.2 Å². The number of benzene rings is 1. The molecule has 6 heteroatoms. The van der Waals surface area contributed by atoms with Gasteiger partial charge in [0.05, 0.1) is 10.7 Å². The van der Waals surface area contributed by atoms with Crippen molar-refractivity contribution in [2.45, 2.75) is 25.7 Å². The van der Waals surface area contributed by atoms with E-state index < -0.39 is 0 Å². The zero-order valence-corrected chi connectivity index (χ0v) is 12.0. The Labute approximate surface area is 123 Å². The summed E-state index contributed by atoms with van der Waals surface area (Å²) < 4.78 is 10.9. The van der Waals surface area contributed by atoms with E-state index in [9.17, 15) is 4.79 Å². The topological polar surface area (TPSA) is 73.6 Å². The summed E-state index contributed by atoms with van der Waals surface area (Å²) >= 11 is 6.12. The highest BCUT2D eigenvalue weighted by atomic mass is 35.5. The molecule has 20 heavy (non-hydrogen) atoms. The van der Waals surface area contributed by atoms with Crippen LogP contribution in [0.2, 0.25) is 5.02 Å². The van der Waals surface area contributed by atoms with Crippen molar-refractivity contribution in [3.8, 4) is 11.5 Å². The summed E-state index contributed by atoms with van der Waals surface area (Å²) in [5, 5.41) is 3.25. The van der Waals surface area contributed by atoms with Crippen LogP contribution in [0.1, 0.15) is 25.7 Å². The number of nitrogens with two attached hydrogens (primary N) is 1. The Morgan fingerprint density at radius 2 is 1.90 bits per heavy atom. The summed E-state index contributed by atoms with van der Waals surface area (Å²) in [4.78, 5) is 11.8. The second kappa shape index (κ2) is 7.36. The fraction of sp³-hybridized carbons (Fsp3) is 0.500. The first-order valence-corrected chi connectivity index (χ1v) is 7.17. The normalized spacial score (nSPS) is 13.1. The van der Waals surface area contributed by atoms with E-state index >= 15 is 0 Å². The van der Waals surface area contributed by atoms with Gasteiger partial charge in [-0.15, -0.1) is 0 Å². The van der Waals surface area contributed by atoms with Crippen molar-refractivity contribution in [3.63, 3.8) is 0 Å². The molecule has 1 aliphatic rings. The van der Waals surface area contributed by atoms with E-state index in [-0.39, 0.29) is 5.91 Å². The van der Waals surface area contributed by atoms with Gasteiger partial charge in [-0.3, -0.25) is 4.79 Å². The molecule has 1 aliphatic heterocycles. The van der Waals surface area contributed by atoms with E-state index in [2.05, 4.69) is 5.32 Å². The monoisotopic (exact) mass is 298 g/mol. The van der Waals surface area contributed by atoms with Gasteiger partial charge in [0.2, 0.25) is 5.91 Å². The summed E-state index contributed by atoms with van der Waals surface area (Å²) in [5.74, 6) is 1.17. The molecule has 0 saturated heterocycles. The molecule has 2 rings (SSSR count). The quantitative estimate of drug-likeness (QED) is 0.792. The molecule has 0 aromatic heterocycles. The summed E-state index contributed by atoms with van der Waals surface area (Å²) in [6.07, 6.45) is 3.19. The zero-order chi connectivity index (χ0) is 14.4. The lowest BCUT2D eigenvalue weighted by Gasteiger charge is -2.20. The first-order valence-electron chi connectivity index (χ1n) is 6.80. The Kier molecular flexibility index (Phi) is 5.49. The lowest BCUT2D eigenvalue weighted by Crippen LogP contribution is -2.16. The van der Waals surface area contributed by atoms with Crippen LogP contribution < -0.4 is 20.5 Å². The highest BCUT2D eigenvalue weighted by Crippen LogP contribution is 2.37. The van der Waals surface area contributed by atoms with Gasteiger partial charge in [0.25, 0.3) is 0 Å². The minimum Gasteiger partial charge on any atom is -0.486 e. The average Bonchev–Trinajstić information content (AvgIpc) is 2.44. The van der Waals surface area contributed by atoms with Gasteiger partial charge < -0.3 is 20.5 Å². The Morgan fingerprint density at radius 1 is 1.20 bits per heavy atom. The van der Waals surface area contributed by atoms with Gasteiger partial charge in [0.15, 0.2) is 11.5 Å². The van der Waals surface area contributed by atoms with Crippen molar-refractivity contribution in [2.75, 3.05) is 25.1 Å². The predicted molar refractivity (Wildman–Crippen MR) is 78.6 cm³/mol. The van der Waals surface area contributed by atoms with Crippen LogP contribution in [-0.2, 0) is 4.79 Å².